The van der Waals surface area contributed by atoms with Crippen LogP contribution in [-0.4, -0.2) is 22.0 Å². The number of aromatic nitrogens is 2. The van der Waals surface area contributed by atoms with Crippen LogP contribution in [0.5, 0.6) is 0 Å². The monoisotopic (exact) mass is 348 g/mol. The first-order valence-corrected chi connectivity index (χ1v) is 7.63. The Bertz CT molecular complexity index is 928. The molecule has 1 aromatic carbocycles. The van der Waals surface area contributed by atoms with E-state index < -0.39 is 17.7 Å². The van der Waals surface area contributed by atoms with Crippen molar-refractivity contribution in [3.63, 3.8) is 0 Å². The molecule has 130 valence electrons. The minimum absolute atomic E-state index is 0.240. The lowest BCUT2D eigenvalue weighted by molar-refractivity contribution is -0.137. The predicted molar refractivity (Wildman–Crippen MR) is 86.3 cm³/mol. The zero-order valence-corrected chi connectivity index (χ0v) is 13.6. The molecule has 0 atom stereocenters. The lowest BCUT2D eigenvalue weighted by Crippen LogP contribution is -2.08. The predicted octanol–water partition coefficient (Wildman–Crippen LogP) is 4.51. The molecule has 25 heavy (non-hydrogen) atoms. The van der Waals surface area contributed by atoms with Crippen molar-refractivity contribution in [1.82, 2.24) is 9.38 Å². The summed E-state index contributed by atoms with van der Waals surface area (Å²) in [5, 5.41) is 0. The molecule has 4 nitrogen and oxygen atoms in total. The van der Waals surface area contributed by atoms with Crippen LogP contribution in [0.15, 0.2) is 42.7 Å². The molecule has 0 saturated carbocycles. The Kier molecular flexibility index (Phi) is 4.24. The van der Waals surface area contributed by atoms with Crippen molar-refractivity contribution in [2.45, 2.75) is 20.0 Å². The summed E-state index contributed by atoms with van der Waals surface area (Å²) in [7, 11) is 0. The van der Waals surface area contributed by atoms with Gasteiger partial charge in [-0.3, -0.25) is 4.40 Å². The molecule has 0 radical (unpaired) electrons. The molecule has 0 saturated heterocycles. The van der Waals surface area contributed by atoms with E-state index in [2.05, 4.69) is 4.98 Å². The Balaban J connectivity index is 2.08. The van der Waals surface area contributed by atoms with Crippen LogP contribution in [0.2, 0.25) is 0 Å². The minimum atomic E-state index is -4.38. The lowest BCUT2D eigenvalue weighted by Gasteiger charge is -2.10. The first-order chi connectivity index (χ1) is 11.8. The number of aryl methyl sites for hydroxylation is 1. The van der Waals surface area contributed by atoms with Crippen molar-refractivity contribution in [2.24, 2.45) is 0 Å². The van der Waals surface area contributed by atoms with Gasteiger partial charge in [0.15, 0.2) is 5.69 Å². The van der Waals surface area contributed by atoms with Gasteiger partial charge in [0.05, 0.1) is 18.4 Å². The fraction of sp³-hybridized carbons (Fsp3) is 0.222. The summed E-state index contributed by atoms with van der Waals surface area (Å²) in [5.74, 6) is -0.501. The second-order valence-electron chi connectivity index (χ2n) is 5.54. The average molecular weight is 348 g/mol. The van der Waals surface area contributed by atoms with Crippen molar-refractivity contribution in [2.75, 3.05) is 6.61 Å². The van der Waals surface area contributed by atoms with Gasteiger partial charge in [-0.25, -0.2) is 9.78 Å². The Labute approximate surface area is 141 Å². The van der Waals surface area contributed by atoms with Crippen LogP contribution in [0, 0.1) is 6.92 Å². The van der Waals surface area contributed by atoms with E-state index in [-0.39, 0.29) is 12.3 Å². The summed E-state index contributed by atoms with van der Waals surface area (Å²) >= 11 is 0. The van der Waals surface area contributed by atoms with E-state index in [1.807, 2.05) is 13.0 Å². The van der Waals surface area contributed by atoms with Gasteiger partial charge < -0.3 is 4.74 Å². The molecule has 0 aliphatic carbocycles. The first-order valence-electron chi connectivity index (χ1n) is 7.63. The van der Waals surface area contributed by atoms with Crippen LogP contribution in [0.25, 0.3) is 16.8 Å². The highest BCUT2D eigenvalue weighted by Gasteiger charge is 2.30. The number of esters is 1. The zero-order chi connectivity index (χ0) is 18.2. The van der Waals surface area contributed by atoms with Gasteiger partial charge in [0.1, 0.15) is 5.65 Å². The van der Waals surface area contributed by atoms with Gasteiger partial charge in [-0.2, -0.15) is 13.2 Å². The van der Waals surface area contributed by atoms with E-state index in [0.29, 0.717) is 16.8 Å². The molecule has 7 heteroatoms. The Morgan fingerprint density at radius 3 is 2.48 bits per heavy atom. The van der Waals surface area contributed by atoms with Crippen LogP contribution in [-0.2, 0) is 10.9 Å². The number of nitrogens with zero attached hydrogens (tertiary/aromatic N) is 2. The number of rotatable bonds is 3. The first kappa shape index (κ1) is 17.0. The van der Waals surface area contributed by atoms with E-state index in [1.54, 1.807) is 17.5 Å². The number of ether oxygens (including phenoxy) is 1. The maximum absolute atomic E-state index is 12.7. The van der Waals surface area contributed by atoms with Crippen LogP contribution in [0.4, 0.5) is 13.2 Å². The van der Waals surface area contributed by atoms with Gasteiger partial charge in [0, 0.05) is 6.20 Å². The third-order valence-corrected chi connectivity index (χ3v) is 3.82. The van der Waals surface area contributed by atoms with Gasteiger partial charge in [0.25, 0.3) is 0 Å². The van der Waals surface area contributed by atoms with E-state index in [9.17, 15) is 18.0 Å². The Morgan fingerprint density at radius 1 is 1.20 bits per heavy atom. The summed E-state index contributed by atoms with van der Waals surface area (Å²) in [4.78, 5) is 16.2. The largest absolute Gasteiger partial charge is 0.461 e. The molecule has 2 heterocycles. The maximum atomic E-state index is 12.7. The van der Waals surface area contributed by atoms with E-state index in [4.69, 9.17) is 4.74 Å². The number of carbonyl (C=O) groups is 1. The molecule has 0 aliphatic rings. The molecule has 3 aromatic rings. The molecule has 0 unspecified atom stereocenters. The molecule has 2 aromatic heterocycles. The second-order valence-corrected chi connectivity index (χ2v) is 5.54. The third-order valence-electron chi connectivity index (χ3n) is 3.82. The fourth-order valence-corrected chi connectivity index (χ4v) is 2.62. The van der Waals surface area contributed by atoms with E-state index in [1.165, 1.54) is 18.3 Å². The van der Waals surface area contributed by atoms with Crippen molar-refractivity contribution in [3.8, 4) is 11.1 Å². The highest BCUT2D eigenvalue weighted by molar-refractivity contribution is 5.89. The number of alkyl halides is 3. The number of benzene rings is 1. The number of halogens is 3. The van der Waals surface area contributed by atoms with Gasteiger partial charge in [0.2, 0.25) is 0 Å². The maximum Gasteiger partial charge on any atom is 0.416 e. The number of imidazole rings is 1. The summed E-state index contributed by atoms with van der Waals surface area (Å²) < 4.78 is 44.7. The quantitative estimate of drug-likeness (QED) is 0.654. The number of hydrogen-bond acceptors (Lipinski definition) is 3. The summed E-state index contributed by atoms with van der Waals surface area (Å²) in [6, 6.07) is 6.71. The number of carbonyl (C=O) groups excluding carboxylic acids is 1. The zero-order valence-electron chi connectivity index (χ0n) is 13.6. The topological polar surface area (TPSA) is 43.6 Å². The summed E-state index contributed by atoms with van der Waals surface area (Å²) in [6.45, 7) is 3.77. The average Bonchev–Trinajstić information content (AvgIpc) is 2.99. The molecule has 0 amide bonds. The van der Waals surface area contributed by atoms with Crippen LogP contribution < -0.4 is 0 Å². The molecule has 0 aliphatic heterocycles. The van der Waals surface area contributed by atoms with Gasteiger partial charge in [-0.15, -0.1) is 0 Å². The SMILES string of the molecule is CCOC(=O)c1cnc2c(C)cc(-c3ccc(C(F)(F)F)cc3)cn12. The van der Waals surface area contributed by atoms with E-state index in [0.717, 1.165) is 17.7 Å². The number of fused-ring (bicyclic) bond motifs is 1. The smallest absolute Gasteiger partial charge is 0.416 e. The Morgan fingerprint density at radius 2 is 1.88 bits per heavy atom. The van der Waals surface area contributed by atoms with E-state index >= 15 is 0 Å². The van der Waals surface area contributed by atoms with Gasteiger partial charge >= 0.3 is 12.1 Å². The molecule has 3 rings (SSSR count). The molecule has 0 spiro atoms. The molecule has 0 bridgehead atoms. The Hall–Kier alpha value is -2.83. The van der Waals surface area contributed by atoms with Crippen molar-refractivity contribution in [1.29, 1.82) is 0 Å². The standard InChI is InChI=1S/C18H15F3N2O2/c1-3-25-17(24)15-9-22-16-11(2)8-13(10-23(15)16)12-4-6-14(7-5-12)18(19,20)21/h4-10H,3H2,1-2H3. The van der Waals surface area contributed by atoms with Gasteiger partial charge in [-0.05, 0) is 48.7 Å². The van der Waals surface area contributed by atoms with Crippen molar-refractivity contribution < 1.29 is 22.7 Å². The van der Waals surface area contributed by atoms with Crippen molar-refractivity contribution >= 4 is 11.6 Å². The van der Waals surface area contributed by atoms with Gasteiger partial charge in [-0.1, -0.05) is 12.1 Å². The highest BCUT2D eigenvalue weighted by atomic mass is 19.4. The normalized spacial score (nSPS) is 11.7. The third kappa shape index (κ3) is 3.22. The summed E-state index contributed by atoms with van der Waals surface area (Å²) in [6.07, 6.45) is -1.28. The number of pyridine rings is 1. The minimum Gasteiger partial charge on any atom is -0.461 e. The lowest BCUT2D eigenvalue weighted by atomic mass is 10.0. The van der Waals surface area contributed by atoms with Crippen LogP contribution >= 0.6 is 0 Å². The molecular weight excluding hydrogens is 333 g/mol. The molecular formula is C18H15F3N2O2. The number of hydrogen-bond donors (Lipinski definition) is 0. The van der Waals surface area contributed by atoms with Crippen LogP contribution in [0.3, 0.4) is 0 Å². The summed E-state index contributed by atoms with van der Waals surface area (Å²) in [5.41, 5.74) is 2.26. The van der Waals surface area contributed by atoms with Crippen molar-refractivity contribution in [3.05, 3.63) is 59.5 Å². The van der Waals surface area contributed by atoms with Crippen LogP contribution in [0.1, 0.15) is 28.5 Å². The molecule has 0 N–H and O–H groups in total. The second kappa shape index (κ2) is 6.23. The fourth-order valence-electron chi connectivity index (χ4n) is 2.62. The molecule has 0 fully saturated rings. The highest BCUT2D eigenvalue weighted by Crippen LogP contribution is 2.31.